The number of amides is 6. The molecule has 1 fully saturated rings. The number of imide groups is 1. The van der Waals surface area contributed by atoms with Crippen molar-refractivity contribution < 1.29 is 47.8 Å². The lowest BCUT2D eigenvalue weighted by Gasteiger charge is -2.41. The molecule has 1 aromatic rings. The molecule has 0 aromatic heterocycles. The minimum Gasteiger partial charge on any atom is -0.379 e. The van der Waals surface area contributed by atoms with Crippen molar-refractivity contribution in [1.29, 1.82) is 0 Å². The molecule has 0 N–H and O–H groups in total. The van der Waals surface area contributed by atoms with E-state index in [2.05, 4.69) is 0 Å². The number of carbonyl (C=O) groups excluding carboxylic acids is 8. The summed E-state index contributed by atoms with van der Waals surface area (Å²) in [5.74, 6) is -3.31. The molecule has 368 valence electrons. The van der Waals surface area contributed by atoms with Crippen LogP contribution in [0.3, 0.4) is 0 Å². The predicted octanol–water partition coefficient (Wildman–Crippen LogP) is 5.38. The van der Waals surface area contributed by atoms with Crippen molar-refractivity contribution >= 4 is 47.0 Å². The number of nitrogens with zero attached hydrogens (tertiary/aromatic N) is 5. The molecule has 1 saturated heterocycles. The standard InChI is InChI=1S/C51H79N5O10/c1-12-35(4)49(43(65-10)33-48(63)55-27-19-22-41(55)50(66-11)36(5)42(58)31-39(37(6)57)30-38-20-15-13-16-21-38)54(9)51(64)40(34(2)3)32-47(62)53(8)29-28-52(7)44(59)23-17-14-18-26-56-45(60)24-25-46(56)61/h13,15-16,20-21,24-25,34-36,39-41,43,49-50H,12,14,17-19,22-23,26-33H2,1-11H3/t35-,36-,39+,40-,41-,43+,49-,50+/m0/s1. The third-order valence-corrected chi connectivity index (χ3v) is 14.0. The summed E-state index contributed by atoms with van der Waals surface area (Å²) in [6, 6.07) is 8.81. The fourth-order valence-corrected chi connectivity index (χ4v) is 9.36. The summed E-state index contributed by atoms with van der Waals surface area (Å²) in [4.78, 5) is 113. The van der Waals surface area contributed by atoms with E-state index in [0.29, 0.717) is 64.6 Å². The molecule has 0 bridgehead atoms. The number of benzene rings is 1. The van der Waals surface area contributed by atoms with Crippen LogP contribution in [0.15, 0.2) is 42.5 Å². The molecule has 2 aliphatic rings. The molecule has 15 nitrogen and oxygen atoms in total. The van der Waals surface area contributed by atoms with E-state index < -0.39 is 36.0 Å². The first kappa shape index (κ1) is 55.6. The average molecular weight is 922 g/mol. The second-order valence-corrected chi connectivity index (χ2v) is 18.9. The van der Waals surface area contributed by atoms with Gasteiger partial charge < -0.3 is 29.1 Å². The molecular formula is C51H79N5O10. The number of Topliss-reactive ketones (excluding diaryl/α,β-unsaturated/α-hetero) is 2. The maximum absolute atomic E-state index is 14.5. The highest BCUT2D eigenvalue weighted by Gasteiger charge is 2.43. The third-order valence-electron chi connectivity index (χ3n) is 14.0. The Morgan fingerprint density at radius 2 is 1.42 bits per heavy atom. The lowest BCUT2D eigenvalue weighted by molar-refractivity contribution is -0.149. The maximum Gasteiger partial charge on any atom is 0.253 e. The van der Waals surface area contributed by atoms with Crippen LogP contribution in [-0.4, -0.2) is 157 Å². The molecule has 8 atom stereocenters. The van der Waals surface area contributed by atoms with Crippen LogP contribution in [0.1, 0.15) is 111 Å². The number of carbonyl (C=O) groups is 8. The largest absolute Gasteiger partial charge is 0.379 e. The molecule has 0 radical (unpaired) electrons. The predicted molar refractivity (Wildman–Crippen MR) is 253 cm³/mol. The third kappa shape index (κ3) is 15.7. The van der Waals surface area contributed by atoms with Gasteiger partial charge in [-0.1, -0.05) is 77.8 Å². The fraction of sp³-hybridized carbons (Fsp3) is 0.686. The number of unbranched alkanes of at least 4 members (excludes halogenated alkanes) is 2. The van der Waals surface area contributed by atoms with E-state index in [0.717, 1.165) is 12.0 Å². The molecule has 0 spiro atoms. The molecule has 0 aliphatic carbocycles. The number of likely N-dealkylation sites (N-methyl/N-ethyl adjacent to an activating group) is 3. The van der Waals surface area contributed by atoms with Crippen LogP contribution >= 0.6 is 0 Å². The maximum atomic E-state index is 14.5. The van der Waals surface area contributed by atoms with Crippen molar-refractivity contribution in [3.63, 3.8) is 0 Å². The molecule has 2 heterocycles. The van der Waals surface area contributed by atoms with Gasteiger partial charge in [0.1, 0.15) is 11.6 Å². The molecule has 0 saturated carbocycles. The Morgan fingerprint density at radius 3 is 1.98 bits per heavy atom. The quantitative estimate of drug-likeness (QED) is 0.0751. The average Bonchev–Trinajstić information content (AvgIpc) is 3.91. The minimum atomic E-state index is -0.660. The molecule has 15 heteroatoms. The summed E-state index contributed by atoms with van der Waals surface area (Å²) >= 11 is 0. The van der Waals surface area contributed by atoms with Crippen LogP contribution in [0.2, 0.25) is 0 Å². The Hall–Kier alpha value is -4.76. The molecule has 3 rings (SSSR count). The first-order valence-corrected chi connectivity index (χ1v) is 24.0. The van der Waals surface area contributed by atoms with Crippen LogP contribution in [0.25, 0.3) is 0 Å². The Morgan fingerprint density at radius 1 is 0.803 bits per heavy atom. The van der Waals surface area contributed by atoms with Gasteiger partial charge in [0.05, 0.1) is 30.7 Å². The Balaban J connectivity index is 1.61. The van der Waals surface area contributed by atoms with E-state index in [1.54, 1.807) is 55.0 Å². The van der Waals surface area contributed by atoms with Gasteiger partial charge in [0.2, 0.25) is 23.6 Å². The Kier molecular flexibility index (Phi) is 22.9. The van der Waals surface area contributed by atoms with Crippen molar-refractivity contribution in [2.24, 2.45) is 29.6 Å². The van der Waals surface area contributed by atoms with E-state index in [-0.39, 0.29) is 90.7 Å². The Labute approximate surface area is 393 Å². The van der Waals surface area contributed by atoms with Gasteiger partial charge in [0.15, 0.2) is 0 Å². The van der Waals surface area contributed by atoms with Crippen molar-refractivity contribution in [2.75, 3.05) is 61.5 Å². The smallest absolute Gasteiger partial charge is 0.253 e. The van der Waals surface area contributed by atoms with Gasteiger partial charge in [-0.05, 0) is 56.4 Å². The van der Waals surface area contributed by atoms with Gasteiger partial charge in [-0.3, -0.25) is 43.3 Å². The van der Waals surface area contributed by atoms with E-state index in [1.165, 1.54) is 24.0 Å². The summed E-state index contributed by atoms with van der Waals surface area (Å²) in [5, 5.41) is 0. The molecule has 0 unspecified atom stereocenters. The summed E-state index contributed by atoms with van der Waals surface area (Å²) in [5.41, 5.74) is 0.991. The first-order chi connectivity index (χ1) is 31.3. The van der Waals surface area contributed by atoms with Crippen molar-refractivity contribution in [3.05, 3.63) is 48.0 Å². The molecule has 6 amide bonds. The highest BCUT2D eigenvalue weighted by atomic mass is 16.5. The molecule has 2 aliphatic heterocycles. The first-order valence-electron chi connectivity index (χ1n) is 24.0. The second-order valence-electron chi connectivity index (χ2n) is 18.9. The zero-order chi connectivity index (χ0) is 49.2. The van der Waals surface area contributed by atoms with Crippen molar-refractivity contribution in [2.45, 2.75) is 136 Å². The number of methoxy groups -OCH3 is 2. The van der Waals surface area contributed by atoms with E-state index in [1.807, 2.05) is 65.0 Å². The number of likely N-dealkylation sites (tertiary alicyclic amines) is 1. The van der Waals surface area contributed by atoms with Crippen LogP contribution in [0.5, 0.6) is 0 Å². The lowest BCUT2D eigenvalue weighted by atomic mass is 9.84. The molecule has 1 aromatic carbocycles. The van der Waals surface area contributed by atoms with Crippen LogP contribution in [0, 0.1) is 29.6 Å². The van der Waals surface area contributed by atoms with Crippen molar-refractivity contribution in [1.82, 2.24) is 24.5 Å². The van der Waals surface area contributed by atoms with Crippen LogP contribution in [-0.2, 0) is 54.3 Å². The van der Waals surface area contributed by atoms with Gasteiger partial charge in [0, 0.05) is 111 Å². The van der Waals surface area contributed by atoms with Crippen molar-refractivity contribution in [3.8, 4) is 0 Å². The summed E-state index contributed by atoms with van der Waals surface area (Å²) in [6.45, 7) is 12.6. The van der Waals surface area contributed by atoms with Gasteiger partial charge in [-0.2, -0.15) is 0 Å². The number of hydrogen-bond acceptors (Lipinski definition) is 10. The number of ketones is 2. The summed E-state index contributed by atoms with van der Waals surface area (Å²) < 4.78 is 12.0. The van der Waals surface area contributed by atoms with Crippen LogP contribution in [0.4, 0.5) is 0 Å². The number of hydrogen-bond donors (Lipinski definition) is 0. The van der Waals surface area contributed by atoms with E-state index in [4.69, 9.17) is 9.47 Å². The number of ether oxygens (including phenoxy) is 2. The van der Waals surface area contributed by atoms with Crippen LogP contribution < -0.4 is 0 Å². The molecule has 66 heavy (non-hydrogen) atoms. The molecular weight excluding hydrogens is 843 g/mol. The Bertz CT molecular complexity index is 1820. The SMILES string of the molecule is CC[C@H](C)[C@@H]([C@@H](CC(=O)N1CCC[C@H]1[C@H](OC)[C@@H](C)C(=O)C[C@@H](Cc1ccccc1)C(C)=O)OC)N(C)C(=O)[C@@H](CC(=O)N(C)CCN(C)C(=O)CCCCCN1C(=O)C=CC1=O)C(C)C. The minimum absolute atomic E-state index is 0.000458. The monoisotopic (exact) mass is 922 g/mol. The zero-order valence-corrected chi connectivity index (χ0v) is 41.7. The summed E-state index contributed by atoms with van der Waals surface area (Å²) in [7, 11) is 8.19. The number of rotatable bonds is 29. The highest BCUT2D eigenvalue weighted by molar-refractivity contribution is 6.12. The normalized spacial score (nSPS) is 18.2. The summed E-state index contributed by atoms with van der Waals surface area (Å²) in [6.07, 6.45) is 6.14. The van der Waals surface area contributed by atoms with Gasteiger partial charge in [-0.15, -0.1) is 0 Å². The van der Waals surface area contributed by atoms with E-state index in [9.17, 15) is 38.4 Å². The van der Waals surface area contributed by atoms with Gasteiger partial charge in [-0.25, -0.2) is 0 Å². The van der Waals surface area contributed by atoms with Gasteiger partial charge in [0.25, 0.3) is 11.8 Å². The second kappa shape index (κ2) is 27.2. The van der Waals surface area contributed by atoms with Gasteiger partial charge >= 0.3 is 0 Å². The zero-order valence-electron chi connectivity index (χ0n) is 41.7. The van der Waals surface area contributed by atoms with E-state index >= 15 is 0 Å². The lowest BCUT2D eigenvalue weighted by Crippen LogP contribution is -2.54. The highest BCUT2D eigenvalue weighted by Crippen LogP contribution is 2.32. The topological polar surface area (TPSA) is 171 Å². The fourth-order valence-electron chi connectivity index (χ4n) is 9.36.